The molecule has 0 aromatic heterocycles. The zero-order chi connectivity index (χ0) is 25.4. The summed E-state index contributed by atoms with van der Waals surface area (Å²) < 4.78 is 10.2. The van der Waals surface area contributed by atoms with E-state index in [-0.39, 0.29) is 30.9 Å². The summed E-state index contributed by atoms with van der Waals surface area (Å²) in [6, 6.07) is -0.426. The monoisotopic (exact) mass is 484 g/mol. The van der Waals surface area contributed by atoms with Gasteiger partial charge in [0.1, 0.15) is 6.29 Å². The fourth-order valence-electron chi connectivity index (χ4n) is 3.61. The molecule has 0 saturated carbocycles. The van der Waals surface area contributed by atoms with Gasteiger partial charge in [0.15, 0.2) is 5.96 Å². The molecular weight excluding hydrogens is 436 g/mol. The van der Waals surface area contributed by atoms with Crippen LogP contribution >= 0.6 is 0 Å². The van der Waals surface area contributed by atoms with Gasteiger partial charge in [0.05, 0.1) is 25.7 Å². The number of ether oxygens (including phenoxy) is 2. The number of nitrogens with zero attached hydrogens (tertiary/aromatic N) is 1. The van der Waals surface area contributed by atoms with Gasteiger partial charge in [-0.3, -0.25) is 14.6 Å². The molecule has 0 rings (SSSR count). The van der Waals surface area contributed by atoms with Crippen LogP contribution < -0.4 is 16.8 Å². The first kappa shape index (κ1) is 31.8. The van der Waals surface area contributed by atoms with E-state index in [0.717, 1.165) is 25.5 Å². The summed E-state index contributed by atoms with van der Waals surface area (Å²) in [6.45, 7) is 3.28. The van der Waals surface area contributed by atoms with Crippen molar-refractivity contribution in [2.45, 2.75) is 103 Å². The molecule has 0 fully saturated rings. The van der Waals surface area contributed by atoms with Gasteiger partial charge < -0.3 is 31.1 Å². The largest absolute Gasteiger partial charge is 0.469 e. The average molecular weight is 485 g/mol. The highest BCUT2D eigenvalue weighted by atomic mass is 16.5. The van der Waals surface area contributed by atoms with Crippen LogP contribution in [-0.2, 0) is 23.9 Å². The minimum Gasteiger partial charge on any atom is -0.469 e. The number of nitrogens with two attached hydrogens (primary N) is 2. The average Bonchev–Trinajstić information content (AvgIpc) is 2.83. The van der Waals surface area contributed by atoms with Gasteiger partial charge in [0.25, 0.3) is 0 Å². The minimum atomic E-state index is -0.526. The molecule has 0 aliphatic carbocycles. The molecule has 0 bridgehead atoms. The van der Waals surface area contributed by atoms with Crippen LogP contribution in [0.5, 0.6) is 0 Å². The molecule has 5 N–H and O–H groups in total. The van der Waals surface area contributed by atoms with E-state index in [2.05, 4.69) is 22.0 Å². The van der Waals surface area contributed by atoms with Gasteiger partial charge in [-0.05, 0) is 25.7 Å². The molecular formula is C25H48N4O5. The number of methoxy groups -OCH3 is 1. The Morgan fingerprint density at radius 2 is 1.56 bits per heavy atom. The van der Waals surface area contributed by atoms with Crippen LogP contribution in [0.4, 0.5) is 0 Å². The molecule has 0 aromatic rings. The van der Waals surface area contributed by atoms with Crippen molar-refractivity contribution in [3.05, 3.63) is 0 Å². The zero-order valence-electron chi connectivity index (χ0n) is 21.4. The fraction of sp³-hybridized carbons (Fsp3) is 0.840. The fourth-order valence-corrected chi connectivity index (χ4v) is 3.61. The molecule has 34 heavy (non-hydrogen) atoms. The maximum Gasteiger partial charge on any atom is 0.310 e. The van der Waals surface area contributed by atoms with Gasteiger partial charge in [-0.15, -0.1) is 0 Å². The molecule has 9 nitrogen and oxygen atoms in total. The molecule has 0 aromatic carbocycles. The van der Waals surface area contributed by atoms with Crippen molar-refractivity contribution in [1.29, 1.82) is 0 Å². The predicted octanol–water partition coefficient (Wildman–Crippen LogP) is 3.23. The highest BCUT2D eigenvalue weighted by Gasteiger charge is 2.22. The smallest absolute Gasteiger partial charge is 0.310 e. The Hall–Kier alpha value is -2.16. The van der Waals surface area contributed by atoms with E-state index >= 15 is 0 Å². The van der Waals surface area contributed by atoms with Crippen LogP contribution in [-0.4, -0.2) is 57.0 Å². The molecule has 0 aliphatic rings. The second kappa shape index (κ2) is 22.6. The van der Waals surface area contributed by atoms with E-state index in [1.54, 1.807) is 0 Å². The third-order valence-corrected chi connectivity index (χ3v) is 5.76. The summed E-state index contributed by atoms with van der Waals surface area (Å²) in [5.41, 5.74) is 10.6. The second-order valence-electron chi connectivity index (χ2n) is 8.76. The van der Waals surface area contributed by atoms with Crippen molar-refractivity contribution in [3.8, 4) is 0 Å². The van der Waals surface area contributed by atoms with E-state index < -0.39 is 12.0 Å². The number of esters is 2. The first-order valence-electron chi connectivity index (χ1n) is 12.9. The molecule has 0 aliphatic heterocycles. The number of aldehydes is 1. The van der Waals surface area contributed by atoms with Crippen LogP contribution in [0.3, 0.4) is 0 Å². The lowest BCUT2D eigenvalue weighted by Crippen LogP contribution is -2.38. The minimum absolute atomic E-state index is 0.0173. The Kier molecular flexibility index (Phi) is 21.2. The Labute approximate surface area is 205 Å². The predicted molar refractivity (Wildman–Crippen MR) is 135 cm³/mol. The topological polar surface area (TPSA) is 146 Å². The highest BCUT2D eigenvalue weighted by molar-refractivity contribution is 5.75. The lowest BCUT2D eigenvalue weighted by Gasteiger charge is -2.19. The standard InChI is InChI=1S/C25H48N4O5/c1-3-4-5-6-7-8-9-10-11-12-18-34-24(32)21(15-16-23(31)33-2)19-29-22(20-30)14-13-17-28-25(26)27/h20-22,29H,3-19H2,1-2H3,(H4,26,27,28)/t21?,22-/m0/s1. The summed E-state index contributed by atoms with van der Waals surface area (Å²) in [4.78, 5) is 39.4. The maximum absolute atomic E-state index is 12.6. The maximum atomic E-state index is 12.6. The van der Waals surface area contributed by atoms with Crippen molar-refractivity contribution >= 4 is 24.2 Å². The van der Waals surface area contributed by atoms with Crippen LogP contribution in [0, 0.1) is 5.92 Å². The molecule has 1 unspecified atom stereocenters. The third kappa shape index (κ3) is 19.3. The van der Waals surface area contributed by atoms with Crippen LogP contribution in [0.15, 0.2) is 4.99 Å². The Bertz CT molecular complexity index is 568. The van der Waals surface area contributed by atoms with Crippen molar-refractivity contribution in [3.63, 3.8) is 0 Å². The molecule has 0 saturated heterocycles. The van der Waals surface area contributed by atoms with Crippen molar-refractivity contribution in [1.82, 2.24) is 5.32 Å². The summed E-state index contributed by atoms with van der Waals surface area (Å²) in [5, 5.41) is 3.09. The van der Waals surface area contributed by atoms with E-state index in [1.807, 2.05) is 0 Å². The number of aliphatic imine (C=N–C) groups is 1. The molecule has 0 spiro atoms. The van der Waals surface area contributed by atoms with E-state index in [1.165, 1.54) is 52.1 Å². The normalized spacial score (nSPS) is 12.5. The van der Waals surface area contributed by atoms with Crippen LogP contribution in [0.2, 0.25) is 0 Å². The van der Waals surface area contributed by atoms with Gasteiger partial charge >= 0.3 is 11.9 Å². The molecule has 2 atom stereocenters. The Morgan fingerprint density at radius 1 is 0.941 bits per heavy atom. The van der Waals surface area contributed by atoms with Crippen LogP contribution in [0.25, 0.3) is 0 Å². The number of nitrogens with one attached hydrogen (secondary N) is 1. The summed E-state index contributed by atoms with van der Waals surface area (Å²) in [7, 11) is 1.32. The summed E-state index contributed by atoms with van der Waals surface area (Å²) in [5.74, 6) is -1.24. The van der Waals surface area contributed by atoms with Crippen LogP contribution in [0.1, 0.15) is 96.8 Å². The lowest BCUT2D eigenvalue weighted by molar-refractivity contribution is -0.149. The number of carbonyl (C=O) groups is 3. The van der Waals surface area contributed by atoms with E-state index in [9.17, 15) is 14.4 Å². The molecule has 198 valence electrons. The van der Waals surface area contributed by atoms with Gasteiger partial charge in [-0.2, -0.15) is 0 Å². The van der Waals surface area contributed by atoms with Gasteiger partial charge in [-0.1, -0.05) is 64.7 Å². The number of carbonyl (C=O) groups excluding carboxylic acids is 3. The number of guanidine groups is 1. The number of unbranched alkanes of at least 4 members (excludes halogenated alkanes) is 9. The van der Waals surface area contributed by atoms with Crippen molar-refractivity contribution in [2.24, 2.45) is 22.4 Å². The lowest BCUT2D eigenvalue weighted by atomic mass is 10.0. The van der Waals surface area contributed by atoms with Crippen molar-refractivity contribution < 1.29 is 23.9 Å². The summed E-state index contributed by atoms with van der Waals surface area (Å²) in [6.07, 6.45) is 14.5. The number of rotatable bonds is 23. The highest BCUT2D eigenvalue weighted by Crippen LogP contribution is 2.13. The SMILES string of the molecule is CCCCCCCCCCCCOC(=O)C(CCC(=O)OC)CN[C@H](C=O)CCCN=C(N)N. The summed E-state index contributed by atoms with van der Waals surface area (Å²) >= 11 is 0. The van der Waals surface area contributed by atoms with E-state index in [4.69, 9.17) is 16.2 Å². The van der Waals surface area contributed by atoms with Crippen molar-refractivity contribution in [2.75, 3.05) is 26.8 Å². The number of hydrogen-bond donors (Lipinski definition) is 3. The van der Waals surface area contributed by atoms with Gasteiger partial charge in [0, 0.05) is 19.5 Å². The van der Waals surface area contributed by atoms with Gasteiger partial charge in [-0.25, -0.2) is 0 Å². The Balaban J connectivity index is 4.27. The van der Waals surface area contributed by atoms with Gasteiger partial charge in [0.2, 0.25) is 0 Å². The Morgan fingerprint density at radius 3 is 2.12 bits per heavy atom. The zero-order valence-corrected chi connectivity index (χ0v) is 21.4. The second-order valence-corrected chi connectivity index (χ2v) is 8.76. The quantitative estimate of drug-likeness (QED) is 0.0658. The third-order valence-electron chi connectivity index (χ3n) is 5.76. The first-order valence-corrected chi connectivity index (χ1v) is 12.9. The first-order chi connectivity index (χ1) is 16.4. The number of hydrogen-bond acceptors (Lipinski definition) is 7. The molecule has 0 heterocycles. The molecule has 0 radical (unpaired) electrons. The van der Waals surface area contributed by atoms with E-state index in [0.29, 0.717) is 32.4 Å². The molecule has 0 amide bonds. The molecule has 9 heteroatoms.